The maximum atomic E-state index is 12.8. The number of benzene rings is 2. The van der Waals surface area contributed by atoms with E-state index >= 15 is 0 Å². The zero-order valence-corrected chi connectivity index (χ0v) is 15.0. The minimum atomic E-state index is -0.454. The molecule has 0 aliphatic heterocycles. The number of hydrogen-bond acceptors (Lipinski definition) is 4. The Balaban J connectivity index is 1.84. The van der Waals surface area contributed by atoms with E-state index in [2.05, 4.69) is 0 Å². The van der Waals surface area contributed by atoms with Crippen LogP contribution in [-0.4, -0.2) is 27.3 Å². The van der Waals surface area contributed by atoms with Crippen LogP contribution in [0.4, 0.5) is 5.69 Å². The summed E-state index contributed by atoms with van der Waals surface area (Å²) in [7, 11) is 1.66. The summed E-state index contributed by atoms with van der Waals surface area (Å²) >= 11 is 0. The summed E-state index contributed by atoms with van der Waals surface area (Å²) in [6.45, 7) is 1.89. The summed E-state index contributed by atoms with van der Waals surface area (Å²) in [5, 5.41) is 11.5. The molecule has 0 unspecified atom stereocenters. The number of rotatable bonds is 5. The van der Waals surface area contributed by atoms with Gasteiger partial charge in [0.2, 0.25) is 5.91 Å². The summed E-state index contributed by atoms with van der Waals surface area (Å²) in [5.74, 6) is -0.164. The van der Waals surface area contributed by atoms with Crippen LogP contribution in [0, 0.1) is 10.1 Å². The monoisotopic (exact) mass is 365 g/mol. The smallest absolute Gasteiger partial charge is 0.269 e. The first kappa shape index (κ1) is 18.3. The Kier molecular flexibility index (Phi) is 5.03. The summed E-state index contributed by atoms with van der Waals surface area (Å²) in [4.78, 5) is 36.8. The van der Waals surface area contributed by atoms with Crippen molar-refractivity contribution in [3.63, 3.8) is 0 Å². The lowest BCUT2D eigenvalue weighted by molar-refractivity contribution is -0.384. The Labute approximate surface area is 155 Å². The average Bonchev–Trinajstić information content (AvgIpc) is 2.69. The molecule has 27 heavy (non-hydrogen) atoms. The molecule has 0 saturated heterocycles. The molecule has 1 aromatic heterocycles. The Morgan fingerprint density at radius 2 is 1.93 bits per heavy atom. The summed E-state index contributed by atoms with van der Waals surface area (Å²) in [6.07, 6.45) is 1.61. The highest BCUT2D eigenvalue weighted by Gasteiger charge is 2.20. The lowest BCUT2D eigenvalue weighted by Gasteiger charge is -2.26. The number of non-ortho nitro benzene ring substituents is 1. The highest BCUT2D eigenvalue weighted by molar-refractivity contribution is 5.82. The number of pyridine rings is 1. The van der Waals surface area contributed by atoms with Gasteiger partial charge in [0.1, 0.15) is 6.54 Å². The molecule has 7 nitrogen and oxygen atoms in total. The van der Waals surface area contributed by atoms with E-state index in [-0.39, 0.29) is 29.6 Å². The fraction of sp³-hybridized carbons (Fsp3) is 0.200. The van der Waals surface area contributed by atoms with E-state index in [0.717, 1.165) is 0 Å². The number of aromatic nitrogens is 1. The van der Waals surface area contributed by atoms with Gasteiger partial charge in [-0.1, -0.05) is 24.3 Å². The van der Waals surface area contributed by atoms with E-state index in [1.807, 2.05) is 13.0 Å². The molecular weight excluding hydrogens is 346 g/mol. The van der Waals surface area contributed by atoms with Gasteiger partial charge in [0, 0.05) is 36.8 Å². The highest BCUT2D eigenvalue weighted by Crippen LogP contribution is 2.23. The highest BCUT2D eigenvalue weighted by atomic mass is 16.6. The third kappa shape index (κ3) is 3.72. The van der Waals surface area contributed by atoms with Crippen molar-refractivity contribution in [2.24, 2.45) is 0 Å². The number of carbonyl (C=O) groups is 1. The van der Waals surface area contributed by atoms with Crippen molar-refractivity contribution in [3.8, 4) is 0 Å². The van der Waals surface area contributed by atoms with Crippen LogP contribution in [0.2, 0.25) is 0 Å². The standard InChI is InChI=1S/C20H19N3O4/c1-14(15-6-5-7-16(12-15)23(26)27)21(2)20(25)13-22-11-10-19(24)17-8-3-4-9-18(17)22/h3-12,14H,13H2,1-2H3/t14-/m1/s1. The minimum absolute atomic E-state index is 0.00778. The van der Waals surface area contributed by atoms with Crippen LogP contribution in [0.5, 0.6) is 0 Å². The van der Waals surface area contributed by atoms with Crippen molar-refractivity contribution < 1.29 is 9.72 Å². The van der Waals surface area contributed by atoms with Gasteiger partial charge in [-0.15, -0.1) is 0 Å². The van der Waals surface area contributed by atoms with E-state index in [9.17, 15) is 19.7 Å². The zero-order valence-electron chi connectivity index (χ0n) is 15.0. The molecule has 3 aromatic rings. The Bertz CT molecular complexity index is 1070. The van der Waals surface area contributed by atoms with Gasteiger partial charge in [-0.3, -0.25) is 19.7 Å². The molecule has 0 bridgehead atoms. The van der Waals surface area contributed by atoms with Gasteiger partial charge in [-0.25, -0.2) is 0 Å². The third-order valence-electron chi connectivity index (χ3n) is 4.73. The average molecular weight is 365 g/mol. The number of nitro benzene ring substituents is 1. The van der Waals surface area contributed by atoms with Crippen LogP contribution < -0.4 is 5.43 Å². The van der Waals surface area contributed by atoms with Crippen molar-refractivity contribution in [2.45, 2.75) is 19.5 Å². The molecule has 0 fully saturated rings. The number of likely N-dealkylation sites (N-methyl/N-ethyl adjacent to an activating group) is 1. The fourth-order valence-electron chi connectivity index (χ4n) is 2.99. The second kappa shape index (κ2) is 7.41. The molecule has 1 amide bonds. The van der Waals surface area contributed by atoms with Crippen LogP contribution in [0.3, 0.4) is 0 Å². The fourth-order valence-corrected chi connectivity index (χ4v) is 2.99. The van der Waals surface area contributed by atoms with Crippen LogP contribution >= 0.6 is 0 Å². The first-order valence-electron chi connectivity index (χ1n) is 8.46. The number of fused-ring (bicyclic) bond motifs is 1. The second-order valence-electron chi connectivity index (χ2n) is 6.36. The number of carbonyl (C=O) groups excluding carboxylic acids is 1. The minimum Gasteiger partial charge on any atom is -0.338 e. The Morgan fingerprint density at radius 3 is 2.67 bits per heavy atom. The predicted octanol–water partition coefficient (Wildman–Crippen LogP) is 3.13. The molecule has 0 N–H and O–H groups in total. The van der Waals surface area contributed by atoms with Gasteiger partial charge in [0.05, 0.1) is 16.5 Å². The van der Waals surface area contributed by atoms with Gasteiger partial charge < -0.3 is 9.47 Å². The van der Waals surface area contributed by atoms with Crippen molar-refractivity contribution >= 4 is 22.5 Å². The van der Waals surface area contributed by atoms with E-state index < -0.39 is 4.92 Å². The molecule has 0 saturated carbocycles. The van der Waals surface area contributed by atoms with Crippen molar-refractivity contribution in [2.75, 3.05) is 7.05 Å². The third-order valence-corrected chi connectivity index (χ3v) is 4.73. The van der Waals surface area contributed by atoms with Crippen molar-refractivity contribution in [1.29, 1.82) is 0 Å². The zero-order chi connectivity index (χ0) is 19.6. The SMILES string of the molecule is C[C@H](c1cccc([N+](=O)[O-])c1)N(C)C(=O)Cn1ccc(=O)c2ccccc21. The predicted molar refractivity (Wildman–Crippen MR) is 102 cm³/mol. The summed E-state index contributed by atoms with van der Waals surface area (Å²) in [6, 6.07) is 14.5. The lowest BCUT2D eigenvalue weighted by Crippen LogP contribution is -2.32. The topological polar surface area (TPSA) is 85.4 Å². The van der Waals surface area contributed by atoms with Gasteiger partial charge >= 0.3 is 0 Å². The first-order chi connectivity index (χ1) is 12.9. The molecule has 3 rings (SSSR count). The molecule has 2 aromatic carbocycles. The van der Waals surface area contributed by atoms with E-state index in [4.69, 9.17) is 0 Å². The largest absolute Gasteiger partial charge is 0.338 e. The Hall–Kier alpha value is -3.48. The first-order valence-corrected chi connectivity index (χ1v) is 8.46. The maximum Gasteiger partial charge on any atom is 0.269 e. The molecule has 0 aliphatic carbocycles. The number of amides is 1. The molecule has 1 heterocycles. The summed E-state index contributed by atoms with van der Waals surface area (Å²) in [5.41, 5.74) is 1.28. The van der Waals surface area contributed by atoms with Crippen LogP contribution in [0.15, 0.2) is 65.6 Å². The lowest BCUT2D eigenvalue weighted by atomic mass is 10.1. The van der Waals surface area contributed by atoms with E-state index in [0.29, 0.717) is 16.5 Å². The molecule has 0 radical (unpaired) electrons. The van der Waals surface area contributed by atoms with Gasteiger partial charge in [0.25, 0.3) is 5.69 Å². The quantitative estimate of drug-likeness (QED) is 0.513. The number of nitro groups is 1. The van der Waals surface area contributed by atoms with E-state index in [1.165, 1.54) is 18.2 Å². The molecular formula is C20H19N3O4. The normalized spacial score (nSPS) is 11.9. The van der Waals surface area contributed by atoms with Gasteiger partial charge in [0.15, 0.2) is 5.43 Å². The summed E-state index contributed by atoms with van der Waals surface area (Å²) < 4.78 is 1.73. The van der Waals surface area contributed by atoms with Crippen molar-refractivity contribution in [3.05, 3.63) is 86.7 Å². The molecule has 138 valence electrons. The number of hydrogen-bond donors (Lipinski definition) is 0. The second-order valence-corrected chi connectivity index (χ2v) is 6.36. The van der Waals surface area contributed by atoms with Crippen LogP contribution in [0.1, 0.15) is 18.5 Å². The Morgan fingerprint density at radius 1 is 1.19 bits per heavy atom. The number of para-hydroxylation sites is 1. The van der Waals surface area contributed by atoms with E-state index in [1.54, 1.807) is 53.0 Å². The number of nitrogens with zero attached hydrogens (tertiary/aromatic N) is 3. The molecule has 7 heteroatoms. The van der Waals surface area contributed by atoms with Gasteiger partial charge in [-0.05, 0) is 24.6 Å². The maximum absolute atomic E-state index is 12.8. The van der Waals surface area contributed by atoms with Crippen molar-refractivity contribution in [1.82, 2.24) is 9.47 Å². The molecule has 1 atom stereocenters. The van der Waals surface area contributed by atoms with Crippen LogP contribution in [-0.2, 0) is 11.3 Å². The van der Waals surface area contributed by atoms with Gasteiger partial charge in [-0.2, -0.15) is 0 Å². The molecule has 0 spiro atoms. The molecule has 0 aliphatic rings. The van der Waals surface area contributed by atoms with Crippen LogP contribution in [0.25, 0.3) is 10.9 Å².